The fourth-order valence-electron chi connectivity index (χ4n) is 0. The smallest absolute Gasteiger partial charge is 0 e. The van der Waals surface area contributed by atoms with Crippen LogP contribution in [0.25, 0.3) is 0 Å². The third-order valence-corrected chi connectivity index (χ3v) is 0.0645. The average Bonchev–Trinajstić information content (AvgIpc) is 1.37. The molecule has 3 heteroatoms. The number of nitrogens with zero attached hydrogens (tertiary/aromatic N) is 1. The zero-order valence-electron chi connectivity index (χ0n) is 2.56. The Labute approximate surface area is 68.8 Å². The quantitative estimate of drug-likeness (QED) is 0.376. The van der Waals surface area contributed by atoms with Crippen LogP contribution in [0.1, 0.15) is 14.9 Å². The largest absolute Gasteiger partial charge is 0.389 e. The first-order chi connectivity index (χ1) is 1.91. The molecule has 0 unspecified atom stereocenters. The summed E-state index contributed by atoms with van der Waals surface area (Å²) in [5.74, 6) is 0. The number of rotatable bonds is 0. The van der Waals surface area contributed by atoms with E-state index < -0.39 is 0 Å². The van der Waals surface area contributed by atoms with Crippen molar-refractivity contribution >= 4 is 6.08 Å². The van der Waals surface area contributed by atoms with E-state index in [0.29, 0.717) is 0 Å². The summed E-state index contributed by atoms with van der Waals surface area (Å²) in [7, 11) is 2.81. The summed E-state index contributed by atoms with van der Waals surface area (Å²) in [6.07, 6.45) is 1.19. The third kappa shape index (κ3) is 68.8. The van der Waals surface area contributed by atoms with E-state index in [2.05, 4.69) is 12.0 Å². The summed E-state index contributed by atoms with van der Waals surface area (Å²) >= 11 is 0. The molecule has 0 aromatic carbocycles. The molecule has 0 aromatic rings. The minimum atomic E-state index is 0. The second-order valence-electron chi connectivity index (χ2n) is 0.249. The maximum Gasteiger partial charge on any atom is 0 e. The van der Waals surface area contributed by atoms with Gasteiger partial charge in [0.1, 0.15) is 0 Å². The van der Waals surface area contributed by atoms with Crippen LogP contribution in [-0.2, 0) is 4.79 Å². The number of carbonyl (C=O) groups excluding carboxylic acids is 1. The standard InChI is InChI=1S/C2H2NO.2CH4.U/c1-3-2-4;;;/h1H2;2*1H4;/q-1;;;. The Morgan fingerprint density at radius 2 is 1.57 bits per heavy atom. The number of hydrogen-bond acceptors (Lipinski definition) is 2. The van der Waals surface area contributed by atoms with Gasteiger partial charge < -0.3 is 9.79 Å². The normalized spacial score (nSPS) is 2.29. The van der Waals surface area contributed by atoms with E-state index in [0.717, 1.165) is 0 Å². The van der Waals surface area contributed by atoms with Gasteiger partial charge in [-0.05, 0) is 6.08 Å². The topological polar surface area (TPSA) is 29.4 Å². The Bertz CT molecular complexity index is 49.7. The van der Waals surface area contributed by atoms with Crippen LogP contribution in [0.5, 0.6) is 0 Å². The molecule has 0 bridgehead atoms. The van der Waals surface area contributed by atoms with Gasteiger partial charge in [0.05, 0.1) is 0 Å². The molecule has 0 aliphatic heterocycles. The van der Waals surface area contributed by atoms with Crippen LogP contribution < -0.4 is 0 Å². The van der Waals surface area contributed by atoms with Gasteiger partial charge in [0.25, 0.3) is 0 Å². The molecule has 0 radical (unpaired) electrons. The summed E-state index contributed by atoms with van der Waals surface area (Å²) in [6.45, 7) is 0. The van der Waals surface area contributed by atoms with E-state index in [1.165, 1.54) is 6.08 Å². The van der Waals surface area contributed by atoms with Gasteiger partial charge in [0, 0.05) is 31.1 Å². The number of hydrogen-bond donors (Lipinski definition) is 0. The Kier molecular flexibility index (Phi) is 127. The van der Waals surface area contributed by atoms with Gasteiger partial charge in [0.15, 0.2) is 0 Å². The van der Waals surface area contributed by atoms with Gasteiger partial charge in [-0.2, -0.15) is 7.05 Å². The Balaban J connectivity index is -0.0000000150. The predicted octanol–water partition coefficient (Wildman–Crippen LogP) is 1.39. The van der Waals surface area contributed by atoms with Crippen molar-refractivity contribution < 1.29 is 35.9 Å². The maximum atomic E-state index is 8.82. The van der Waals surface area contributed by atoms with Crippen molar-refractivity contribution in [3.8, 4) is 0 Å². The van der Waals surface area contributed by atoms with Crippen LogP contribution in [0.4, 0.5) is 0 Å². The monoisotopic (exact) mass is 326 g/mol. The van der Waals surface area contributed by atoms with E-state index in [4.69, 9.17) is 4.79 Å². The van der Waals surface area contributed by atoms with Crippen LogP contribution in [0, 0.1) is 38.2 Å². The van der Waals surface area contributed by atoms with Gasteiger partial charge in [-0.1, -0.05) is 14.9 Å². The molecule has 0 aliphatic rings. The molecule has 42 valence electrons. The Morgan fingerprint density at radius 3 is 1.57 bits per heavy atom. The average molecular weight is 326 g/mol. The molecule has 0 spiro atoms. The van der Waals surface area contributed by atoms with Crippen molar-refractivity contribution in [1.29, 1.82) is 0 Å². The van der Waals surface area contributed by atoms with E-state index in [1.54, 1.807) is 0 Å². The summed E-state index contributed by atoms with van der Waals surface area (Å²) in [6, 6.07) is 0. The third-order valence-electron chi connectivity index (χ3n) is 0.0645. The van der Waals surface area contributed by atoms with Crippen LogP contribution in [0.3, 0.4) is 0 Å². The predicted molar refractivity (Wildman–Crippen MR) is 26.9 cm³/mol. The second-order valence-corrected chi connectivity index (χ2v) is 0.249. The Morgan fingerprint density at radius 1 is 1.43 bits per heavy atom. The SMILES string of the molecule is C.C.[CH2-]N=C=O.[U]. The molecule has 0 heterocycles. The van der Waals surface area contributed by atoms with Crippen molar-refractivity contribution in [3.05, 3.63) is 7.05 Å². The van der Waals surface area contributed by atoms with E-state index in [1.807, 2.05) is 0 Å². The fourth-order valence-corrected chi connectivity index (χ4v) is 0. The number of isocyanates is 1. The van der Waals surface area contributed by atoms with Crippen LogP contribution in [-0.4, -0.2) is 6.08 Å². The van der Waals surface area contributed by atoms with Gasteiger partial charge >= 0.3 is 0 Å². The van der Waals surface area contributed by atoms with Gasteiger partial charge in [-0.25, -0.2) is 0 Å². The summed E-state index contributed by atoms with van der Waals surface area (Å²) in [4.78, 5) is 11.5. The molecule has 0 atom stereocenters. The van der Waals surface area contributed by atoms with Crippen molar-refractivity contribution in [2.24, 2.45) is 4.99 Å². The van der Waals surface area contributed by atoms with Gasteiger partial charge in [-0.3, -0.25) is 0 Å². The molecule has 7 heavy (non-hydrogen) atoms. The molecule has 0 aliphatic carbocycles. The fraction of sp³-hybridized carbons (Fsp3) is 0.500. The first kappa shape index (κ1) is 26.6. The van der Waals surface area contributed by atoms with Crippen molar-refractivity contribution in [3.63, 3.8) is 0 Å². The van der Waals surface area contributed by atoms with Gasteiger partial charge in [0.2, 0.25) is 0 Å². The molecule has 0 saturated heterocycles. The molecule has 0 amide bonds. The molecule has 0 saturated carbocycles. The van der Waals surface area contributed by atoms with E-state index in [9.17, 15) is 0 Å². The minimum absolute atomic E-state index is 0. The zero-order valence-corrected chi connectivity index (χ0v) is 6.73. The summed E-state index contributed by atoms with van der Waals surface area (Å²) in [5, 5.41) is 0. The van der Waals surface area contributed by atoms with Gasteiger partial charge in [-0.15, -0.1) is 0 Å². The van der Waals surface area contributed by atoms with E-state index >= 15 is 0 Å². The summed E-state index contributed by atoms with van der Waals surface area (Å²) in [5.41, 5.74) is 0. The maximum absolute atomic E-state index is 8.82. The Hall–Kier alpha value is 0.302. The first-order valence-electron chi connectivity index (χ1n) is 0.744. The summed E-state index contributed by atoms with van der Waals surface area (Å²) < 4.78 is 0. The van der Waals surface area contributed by atoms with E-state index in [-0.39, 0.29) is 46.0 Å². The molecule has 0 aromatic heterocycles. The number of aliphatic imine (C=N–C) groups is 1. The molecule has 2 nitrogen and oxygen atoms in total. The molecule has 0 rings (SSSR count). The van der Waals surface area contributed by atoms with Crippen molar-refractivity contribution in [2.45, 2.75) is 14.9 Å². The second kappa shape index (κ2) is 33.4. The minimum Gasteiger partial charge on any atom is -0.389 e. The molecule has 0 fully saturated rings. The van der Waals surface area contributed by atoms with Crippen LogP contribution >= 0.6 is 0 Å². The molecule has 0 N–H and O–H groups in total. The first-order valence-corrected chi connectivity index (χ1v) is 0.744. The van der Waals surface area contributed by atoms with Crippen molar-refractivity contribution in [1.82, 2.24) is 0 Å². The zero-order chi connectivity index (χ0) is 3.41. The van der Waals surface area contributed by atoms with Crippen molar-refractivity contribution in [2.75, 3.05) is 0 Å². The molecular weight excluding hydrogens is 316 g/mol. The molecular formula is C4H10NOU-. The van der Waals surface area contributed by atoms with Crippen LogP contribution in [0.2, 0.25) is 0 Å². The van der Waals surface area contributed by atoms with Crippen LogP contribution in [0.15, 0.2) is 4.99 Å².